The minimum atomic E-state index is 0.565. The molecule has 2 heteroatoms. The summed E-state index contributed by atoms with van der Waals surface area (Å²) in [7, 11) is 0. The van der Waals surface area contributed by atoms with Gasteiger partial charge in [-0.2, -0.15) is 0 Å². The van der Waals surface area contributed by atoms with Crippen LogP contribution in [0.1, 0.15) is 36.5 Å². The van der Waals surface area contributed by atoms with Crippen molar-refractivity contribution in [1.82, 2.24) is 0 Å². The van der Waals surface area contributed by atoms with Crippen molar-refractivity contribution in [3.63, 3.8) is 0 Å². The van der Waals surface area contributed by atoms with Crippen LogP contribution in [0.15, 0.2) is 48.5 Å². The van der Waals surface area contributed by atoms with Gasteiger partial charge in [0.05, 0.1) is 0 Å². The summed E-state index contributed by atoms with van der Waals surface area (Å²) in [6.07, 6.45) is 0.750. The van der Waals surface area contributed by atoms with E-state index in [-0.39, 0.29) is 0 Å². The van der Waals surface area contributed by atoms with Crippen LogP contribution in [0.3, 0.4) is 0 Å². The molecule has 20 heavy (non-hydrogen) atoms. The highest BCUT2D eigenvalue weighted by Crippen LogP contribution is 2.30. The van der Waals surface area contributed by atoms with Crippen molar-refractivity contribution in [3.8, 4) is 0 Å². The minimum absolute atomic E-state index is 0.565. The summed E-state index contributed by atoms with van der Waals surface area (Å²) < 4.78 is 0. The van der Waals surface area contributed by atoms with Gasteiger partial charge in [0, 0.05) is 18.7 Å². The highest BCUT2D eigenvalue weighted by molar-refractivity contribution is 6.03. The molecule has 2 aromatic carbocycles. The van der Waals surface area contributed by atoms with Crippen LogP contribution in [0, 0.1) is 5.41 Å². The molecule has 0 atom stereocenters. The monoisotopic (exact) mass is 264 g/mol. The van der Waals surface area contributed by atoms with E-state index in [1.165, 1.54) is 22.4 Å². The number of nitrogens with one attached hydrogen (secondary N) is 1. The summed E-state index contributed by atoms with van der Waals surface area (Å²) in [4.78, 5) is 2.11. The van der Waals surface area contributed by atoms with Gasteiger partial charge in [-0.1, -0.05) is 56.3 Å². The van der Waals surface area contributed by atoms with E-state index in [1.54, 1.807) is 0 Å². The van der Waals surface area contributed by atoms with E-state index < -0.39 is 0 Å². The normalized spacial score (nSPS) is 13.9. The highest BCUT2D eigenvalue weighted by Gasteiger charge is 2.23. The van der Waals surface area contributed by atoms with E-state index in [9.17, 15) is 0 Å². The molecule has 1 aliphatic rings. The lowest BCUT2D eigenvalue weighted by Gasteiger charge is -2.20. The molecular weight excluding hydrogens is 244 g/mol. The maximum absolute atomic E-state index is 8.18. The molecule has 0 bridgehead atoms. The van der Waals surface area contributed by atoms with Crippen molar-refractivity contribution in [2.45, 2.75) is 32.7 Å². The Bertz CT molecular complexity index is 626. The molecule has 2 aromatic rings. The fourth-order valence-corrected chi connectivity index (χ4v) is 2.72. The lowest BCUT2D eigenvalue weighted by atomic mass is 10.0. The van der Waals surface area contributed by atoms with Crippen molar-refractivity contribution in [2.24, 2.45) is 0 Å². The molecule has 0 fully saturated rings. The van der Waals surface area contributed by atoms with Crippen LogP contribution in [-0.2, 0) is 13.0 Å². The van der Waals surface area contributed by atoms with Crippen LogP contribution < -0.4 is 4.90 Å². The van der Waals surface area contributed by atoms with Gasteiger partial charge in [-0.3, -0.25) is 5.41 Å². The predicted octanol–water partition coefficient (Wildman–Crippen LogP) is 4.35. The molecule has 0 unspecified atom stereocenters. The average Bonchev–Trinajstić information content (AvgIpc) is 2.76. The Morgan fingerprint density at radius 3 is 2.45 bits per heavy atom. The molecule has 1 N–H and O–H groups in total. The van der Waals surface area contributed by atoms with E-state index in [0.29, 0.717) is 11.8 Å². The summed E-state index contributed by atoms with van der Waals surface area (Å²) in [5, 5.41) is 8.18. The van der Waals surface area contributed by atoms with Crippen molar-refractivity contribution in [2.75, 3.05) is 4.90 Å². The lowest BCUT2D eigenvalue weighted by Crippen LogP contribution is -2.25. The Labute approximate surface area is 120 Å². The van der Waals surface area contributed by atoms with Crippen molar-refractivity contribution >= 4 is 11.5 Å². The topological polar surface area (TPSA) is 27.1 Å². The van der Waals surface area contributed by atoms with Crippen molar-refractivity contribution < 1.29 is 0 Å². The van der Waals surface area contributed by atoms with Gasteiger partial charge in [0.1, 0.15) is 5.84 Å². The summed E-state index contributed by atoms with van der Waals surface area (Å²) in [5.74, 6) is 1.26. The van der Waals surface area contributed by atoms with E-state index >= 15 is 0 Å². The zero-order chi connectivity index (χ0) is 14.1. The number of benzene rings is 2. The fraction of sp³-hybridized carbons (Fsp3) is 0.278. The second-order valence-corrected chi connectivity index (χ2v) is 5.73. The van der Waals surface area contributed by atoms with E-state index in [2.05, 4.69) is 55.1 Å². The number of para-hydroxylation sites is 1. The van der Waals surface area contributed by atoms with Gasteiger partial charge < -0.3 is 4.90 Å². The van der Waals surface area contributed by atoms with E-state index in [1.807, 2.05) is 12.1 Å². The number of fused-ring (bicyclic) bond motifs is 1. The summed E-state index contributed by atoms with van der Waals surface area (Å²) >= 11 is 0. The SMILES string of the molecule is CC(C)c1ccc(CN2C(=N)Cc3ccccc32)cc1. The van der Waals surface area contributed by atoms with Crippen LogP contribution in [0.2, 0.25) is 0 Å². The third kappa shape index (κ3) is 2.34. The Hall–Kier alpha value is -2.09. The molecule has 2 nitrogen and oxygen atoms in total. The fourth-order valence-electron chi connectivity index (χ4n) is 2.72. The number of nitrogens with zero attached hydrogens (tertiary/aromatic N) is 1. The Morgan fingerprint density at radius 2 is 1.75 bits per heavy atom. The quantitative estimate of drug-likeness (QED) is 0.876. The number of amidine groups is 1. The first-order chi connectivity index (χ1) is 9.65. The van der Waals surface area contributed by atoms with Crippen molar-refractivity contribution in [1.29, 1.82) is 5.41 Å². The van der Waals surface area contributed by atoms with Gasteiger partial charge in [-0.05, 0) is 28.7 Å². The molecule has 0 radical (unpaired) electrons. The van der Waals surface area contributed by atoms with Crippen LogP contribution in [0.4, 0.5) is 5.69 Å². The smallest absolute Gasteiger partial charge is 0.105 e. The summed E-state index contributed by atoms with van der Waals surface area (Å²) in [5.41, 5.74) is 5.07. The van der Waals surface area contributed by atoms with Gasteiger partial charge in [-0.25, -0.2) is 0 Å². The predicted molar refractivity (Wildman–Crippen MR) is 84.6 cm³/mol. The molecule has 1 aliphatic heterocycles. The number of rotatable bonds is 3. The summed E-state index contributed by atoms with van der Waals surface area (Å²) in [6.45, 7) is 5.21. The molecule has 0 aliphatic carbocycles. The maximum Gasteiger partial charge on any atom is 0.105 e. The average molecular weight is 264 g/mol. The molecule has 1 heterocycles. The molecule has 102 valence electrons. The number of anilines is 1. The zero-order valence-corrected chi connectivity index (χ0v) is 12.1. The first-order valence-corrected chi connectivity index (χ1v) is 7.17. The molecule has 3 rings (SSSR count). The Morgan fingerprint density at radius 1 is 1.05 bits per heavy atom. The molecule has 0 aromatic heterocycles. The van der Waals surface area contributed by atoms with Crippen LogP contribution >= 0.6 is 0 Å². The highest BCUT2D eigenvalue weighted by atomic mass is 15.2. The first kappa shape index (κ1) is 12.9. The van der Waals surface area contributed by atoms with E-state index in [0.717, 1.165) is 13.0 Å². The summed E-state index contributed by atoms with van der Waals surface area (Å²) in [6, 6.07) is 17.1. The van der Waals surface area contributed by atoms with E-state index in [4.69, 9.17) is 5.41 Å². The third-order valence-electron chi connectivity index (χ3n) is 3.95. The van der Waals surface area contributed by atoms with Gasteiger partial charge >= 0.3 is 0 Å². The maximum atomic E-state index is 8.18. The third-order valence-corrected chi connectivity index (χ3v) is 3.95. The largest absolute Gasteiger partial charge is 0.325 e. The standard InChI is InChI=1S/C18H20N2/c1-13(2)15-9-7-14(8-10-15)12-20-17-6-4-3-5-16(17)11-18(20)19/h3-10,13,19H,11-12H2,1-2H3. The van der Waals surface area contributed by atoms with Crippen LogP contribution in [0.25, 0.3) is 0 Å². The molecular formula is C18H20N2. The zero-order valence-electron chi connectivity index (χ0n) is 12.1. The first-order valence-electron chi connectivity index (χ1n) is 7.17. The van der Waals surface area contributed by atoms with Gasteiger partial charge in [0.2, 0.25) is 0 Å². The minimum Gasteiger partial charge on any atom is -0.325 e. The number of hydrogen-bond donors (Lipinski definition) is 1. The van der Waals surface area contributed by atoms with Gasteiger partial charge in [0.25, 0.3) is 0 Å². The van der Waals surface area contributed by atoms with Gasteiger partial charge in [0.15, 0.2) is 0 Å². The Kier molecular flexibility index (Phi) is 3.31. The molecule has 0 amide bonds. The van der Waals surface area contributed by atoms with Gasteiger partial charge in [-0.15, -0.1) is 0 Å². The molecule has 0 saturated carbocycles. The second kappa shape index (κ2) is 5.12. The Balaban J connectivity index is 1.83. The second-order valence-electron chi connectivity index (χ2n) is 5.73. The lowest BCUT2D eigenvalue weighted by molar-refractivity contribution is 0.864. The molecule has 0 spiro atoms. The van der Waals surface area contributed by atoms with Crippen LogP contribution in [-0.4, -0.2) is 5.84 Å². The molecule has 0 saturated heterocycles. The number of hydrogen-bond acceptors (Lipinski definition) is 1. The van der Waals surface area contributed by atoms with Crippen LogP contribution in [0.5, 0.6) is 0 Å². The van der Waals surface area contributed by atoms with Crippen molar-refractivity contribution in [3.05, 3.63) is 65.2 Å².